The summed E-state index contributed by atoms with van der Waals surface area (Å²) in [5.74, 6) is 0.393. The molecule has 0 saturated carbocycles. The standard InChI is InChI=1S/C20H24N4O/c1-22-11-7-15(8-12-22)14-21-23(2)18-13-16-5-3-9-24-10-4-6-17(19(16)24)20(18)25/h7-8,11-14H,3-6,9-10H2,1-2H3/p+1. The molecule has 0 fully saturated rings. The van der Waals surface area contributed by atoms with Gasteiger partial charge in [-0.2, -0.15) is 5.10 Å². The Bertz CT molecular complexity index is 811. The van der Waals surface area contributed by atoms with Crippen molar-refractivity contribution in [2.75, 3.05) is 30.0 Å². The van der Waals surface area contributed by atoms with Crippen molar-refractivity contribution in [1.29, 1.82) is 0 Å². The maximum atomic E-state index is 10.9. The normalized spacial score (nSPS) is 16.2. The third kappa shape index (κ3) is 2.95. The zero-order valence-electron chi connectivity index (χ0n) is 14.9. The Morgan fingerprint density at radius 3 is 2.68 bits per heavy atom. The number of hydrogen-bond acceptors (Lipinski definition) is 4. The first-order chi connectivity index (χ1) is 12.1. The van der Waals surface area contributed by atoms with Gasteiger partial charge in [-0.05, 0) is 37.3 Å². The Kier molecular flexibility index (Phi) is 4.07. The summed E-state index contributed by atoms with van der Waals surface area (Å²) < 4.78 is 1.99. The van der Waals surface area contributed by atoms with Crippen LogP contribution in [0.2, 0.25) is 0 Å². The lowest BCUT2D eigenvalue weighted by atomic mass is 9.90. The molecule has 0 bridgehead atoms. The lowest BCUT2D eigenvalue weighted by Crippen LogP contribution is -2.34. The lowest BCUT2D eigenvalue weighted by Gasteiger charge is -2.38. The van der Waals surface area contributed by atoms with Crippen molar-refractivity contribution in [3.05, 3.63) is 47.3 Å². The smallest absolute Gasteiger partial charge is 0.169 e. The topological polar surface area (TPSA) is 43.0 Å². The Morgan fingerprint density at radius 1 is 1.20 bits per heavy atom. The van der Waals surface area contributed by atoms with E-state index in [9.17, 15) is 5.11 Å². The average molecular weight is 337 g/mol. The molecule has 0 atom stereocenters. The summed E-state index contributed by atoms with van der Waals surface area (Å²) in [6, 6.07) is 6.16. The number of aromatic hydroxyl groups is 1. The van der Waals surface area contributed by atoms with E-state index in [0.29, 0.717) is 5.75 Å². The number of pyridine rings is 1. The number of hydrogen-bond donors (Lipinski definition) is 1. The highest BCUT2D eigenvalue weighted by Crippen LogP contribution is 2.45. The van der Waals surface area contributed by atoms with Crippen LogP contribution >= 0.6 is 0 Å². The van der Waals surface area contributed by atoms with Gasteiger partial charge < -0.3 is 10.0 Å². The van der Waals surface area contributed by atoms with Crippen molar-refractivity contribution in [2.45, 2.75) is 25.7 Å². The molecule has 25 heavy (non-hydrogen) atoms. The van der Waals surface area contributed by atoms with E-state index in [-0.39, 0.29) is 0 Å². The van der Waals surface area contributed by atoms with Crippen LogP contribution in [0.3, 0.4) is 0 Å². The fraction of sp³-hybridized carbons (Fsp3) is 0.400. The number of aryl methyl sites for hydroxylation is 2. The van der Waals surface area contributed by atoms with Gasteiger partial charge in [-0.1, -0.05) is 0 Å². The molecule has 0 radical (unpaired) electrons. The number of nitrogens with zero attached hydrogens (tertiary/aromatic N) is 4. The first-order valence-corrected chi connectivity index (χ1v) is 8.99. The Labute approximate surface area is 148 Å². The summed E-state index contributed by atoms with van der Waals surface area (Å²) in [4.78, 5) is 2.44. The largest absolute Gasteiger partial charge is 0.505 e. The van der Waals surface area contributed by atoms with E-state index < -0.39 is 0 Å². The van der Waals surface area contributed by atoms with Gasteiger partial charge in [0.05, 0.1) is 6.21 Å². The van der Waals surface area contributed by atoms with Gasteiger partial charge >= 0.3 is 0 Å². The minimum Gasteiger partial charge on any atom is -0.505 e. The van der Waals surface area contributed by atoms with E-state index in [1.165, 1.54) is 17.7 Å². The molecule has 4 rings (SSSR count). The van der Waals surface area contributed by atoms with Gasteiger partial charge in [0.1, 0.15) is 18.5 Å². The number of hydrazone groups is 1. The predicted molar refractivity (Wildman–Crippen MR) is 101 cm³/mol. The molecule has 3 heterocycles. The average Bonchev–Trinajstić information content (AvgIpc) is 2.64. The second-order valence-electron chi connectivity index (χ2n) is 6.99. The third-order valence-electron chi connectivity index (χ3n) is 5.21. The number of rotatable bonds is 3. The predicted octanol–water partition coefficient (Wildman–Crippen LogP) is 2.39. The molecule has 2 aliphatic rings. The molecule has 130 valence electrons. The van der Waals surface area contributed by atoms with Crippen LogP contribution in [0.4, 0.5) is 11.4 Å². The summed E-state index contributed by atoms with van der Waals surface area (Å²) >= 11 is 0. The summed E-state index contributed by atoms with van der Waals surface area (Å²) in [6.45, 7) is 2.22. The minimum absolute atomic E-state index is 0.393. The van der Waals surface area contributed by atoms with Crippen molar-refractivity contribution in [2.24, 2.45) is 12.1 Å². The van der Waals surface area contributed by atoms with Gasteiger partial charge in [0.2, 0.25) is 0 Å². The van der Waals surface area contributed by atoms with Crippen LogP contribution in [0.1, 0.15) is 29.5 Å². The maximum absolute atomic E-state index is 10.9. The fourth-order valence-electron chi connectivity index (χ4n) is 3.89. The van der Waals surface area contributed by atoms with E-state index in [1.807, 2.05) is 49.4 Å². The minimum atomic E-state index is 0.393. The highest BCUT2D eigenvalue weighted by molar-refractivity contribution is 5.81. The zero-order valence-corrected chi connectivity index (χ0v) is 14.9. The number of benzene rings is 1. The number of aromatic nitrogens is 1. The van der Waals surface area contributed by atoms with Crippen LogP contribution in [-0.4, -0.2) is 31.5 Å². The molecule has 0 saturated heterocycles. The molecule has 5 heteroatoms. The molecule has 0 amide bonds. The molecule has 1 aromatic carbocycles. The van der Waals surface area contributed by atoms with Gasteiger partial charge in [0, 0.05) is 49.1 Å². The zero-order chi connectivity index (χ0) is 17.4. The molecule has 1 aromatic heterocycles. The Morgan fingerprint density at radius 2 is 1.92 bits per heavy atom. The molecule has 0 aliphatic carbocycles. The van der Waals surface area contributed by atoms with E-state index in [2.05, 4.69) is 16.1 Å². The Hall–Kier alpha value is -2.56. The summed E-state index contributed by atoms with van der Waals surface area (Å²) in [5, 5.41) is 17.2. The third-order valence-corrected chi connectivity index (χ3v) is 5.21. The number of phenolic OH excluding ortho intramolecular Hbond substituents is 1. The molecule has 2 aromatic rings. The highest BCUT2D eigenvalue weighted by Gasteiger charge is 2.28. The monoisotopic (exact) mass is 337 g/mol. The Balaban J connectivity index is 1.67. The van der Waals surface area contributed by atoms with Gasteiger partial charge in [-0.25, -0.2) is 4.57 Å². The van der Waals surface area contributed by atoms with Crippen LogP contribution in [0, 0.1) is 0 Å². The SMILES string of the molecule is CN(/N=C/c1cc[n+](C)cc1)c1cc2c3c(c1O)CCCN3CCC2. The van der Waals surface area contributed by atoms with Crippen LogP contribution in [0.5, 0.6) is 5.75 Å². The summed E-state index contributed by atoms with van der Waals surface area (Å²) in [6.07, 6.45) is 10.1. The first-order valence-electron chi connectivity index (χ1n) is 8.99. The molecular formula is C20H25N4O+. The van der Waals surface area contributed by atoms with Gasteiger partial charge in [-0.15, -0.1) is 0 Å². The molecule has 1 N–H and O–H groups in total. The highest BCUT2D eigenvalue weighted by atomic mass is 16.3. The molecule has 0 spiro atoms. The van der Waals surface area contributed by atoms with Crippen molar-refractivity contribution >= 4 is 17.6 Å². The van der Waals surface area contributed by atoms with Crippen molar-refractivity contribution < 1.29 is 9.67 Å². The number of phenols is 1. The second-order valence-corrected chi connectivity index (χ2v) is 6.99. The van der Waals surface area contributed by atoms with Gasteiger partial charge in [0.15, 0.2) is 12.4 Å². The van der Waals surface area contributed by atoms with E-state index in [0.717, 1.165) is 49.2 Å². The quantitative estimate of drug-likeness (QED) is 0.531. The molecule has 5 nitrogen and oxygen atoms in total. The maximum Gasteiger partial charge on any atom is 0.169 e. The van der Waals surface area contributed by atoms with Crippen LogP contribution in [-0.2, 0) is 19.9 Å². The molecule has 2 aliphatic heterocycles. The van der Waals surface area contributed by atoms with Crippen molar-refractivity contribution in [1.82, 2.24) is 0 Å². The van der Waals surface area contributed by atoms with Crippen LogP contribution in [0.15, 0.2) is 35.7 Å². The lowest BCUT2D eigenvalue weighted by molar-refractivity contribution is -0.671. The number of anilines is 2. The van der Waals surface area contributed by atoms with Crippen LogP contribution < -0.4 is 14.5 Å². The van der Waals surface area contributed by atoms with Crippen molar-refractivity contribution in [3.8, 4) is 5.75 Å². The fourth-order valence-corrected chi connectivity index (χ4v) is 3.89. The summed E-state index contributed by atoms with van der Waals surface area (Å²) in [7, 11) is 3.89. The second kappa shape index (κ2) is 6.39. The van der Waals surface area contributed by atoms with Gasteiger partial charge in [-0.3, -0.25) is 5.01 Å². The molecular weight excluding hydrogens is 312 g/mol. The van der Waals surface area contributed by atoms with Gasteiger partial charge in [0.25, 0.3) is 0 Å². The van der Waals surface area contributed by atoms with E-state index in [4.69, 9.17) is 0 Å². The molecule has 0 unspecified atom stereocenters. The van der Waals surface area contributed by atoms with E-state index in [1.54, 1.807) is 5.01 Å². The van der Waals surface area contributed by atoms with Crippen molar-refractivity contribution in [3.63, 3.8) is 0 Å². The summed E-state index contributed by atoms with van der Waals surface area (Å²) in [5.41, 5.74) is 5.58. The van der Waals surface area contributed by atoms with E-state index >= 15 is 0 Å². The first kappa shape index (κ1) is 15.9. The van der Waals surface area contributed by atoms with Crippen LogP contribution in [0.25, 0.3) is 0 Å².